The molecular formula is C17H22BrClN2. The van der Waals surface area contributed by atoms with E-state index in [4.69, 9.17) is 16.6 Å². The van der Waals surface area contributed by atoms with E-state index in [1.54, 1.807) is 0 Å². The van der Waals surface area contributed by atoms with E-state index >= 15 is 0 Å². The van der Waals surface area contributed by atoms with Crippen molar-refractivity contribution in [1.82, 2.24) is 9.55 Å². The van der Waals surface area contributed by atoms with Crippen LogP contribution in [0.15, 0.2) is 22.7 Å². The van der Waals surface area contributed by atoms with E-state index in [0.717, 1.165) is 28.2 Å². The van der Waals surface area contributed by atoms with E-state index in [1.165, 1.54) is 37.6 Å². The summed E-state index contributed by atoms with van der Waals surface area (Å²) in [5.74, 6) is 2.65. The van der Waals surface area contributed by atoms with Crippen molar-refractivity contribution < 1.29 is 0 Å². The Kier molecular flexibility index (Phi) is 4.90. The average Bonchev–Trinajstić information content (AvgIpc) is 2.84. The number of aromatic nitrogens is 2. The van der Waals surface area contributed by atoms with Gasteiger partial charge in [0, 0.05) is 22.8 Å². The van der Waals surface area contributed by atoms with Crippen LogP contribution >= 0.6 is 27.5 Å². The largest absolute Gasteiger partial charge is 0.325 e. The Bertz CT molecular complexity index is 623. The van der Waals surface area contributed by atoms with E-state index in [2.05, 4.69) is 45.6 Å². The van der Waals surface area contributed by atoms with Crippen molar-refractivity contribution in [3.05, 3.63) is 28.5 Å². The summed E-state index contributed by atoms with van der Waals surface area (Å²) in [6.07, 6.45) is 7.41. The molecule has 0 amide bonds. The molecule has 1 aliphatic carbocycles. The minimum Gasteiger partial charge on any atom is -0.325 e. The first-order chi connectivity index (χ1) is 10.2. The third kappa shape index (κ3) is 3.14. The van der Waals surface area contributed by atoms with Crippen molar-refractivity contribution in [2.24, 2.45) is 5.92 Å². The van der Waals surface area contributed by atoms with Crippen LogP contribution in [0, 0.1) is 5.92 Å². The number of benzene rings is 1. The van der Waals surface area contributed by atoms with E-state index < -0.39 is 0 Å². The molecule has 1 aromatic heterocycles. The van der Waals surface area contributed by atoms with E-state index in [9.17, 15) is 0 Å². The molecule has 0 saturated heterocycles. The maximum Gasteiger partial charge on any atom is 0.111 e. The number of aryl methyl sites for hydroxylation is 1. The molecule has 0 aliphatic heterocycles. The van der Waals surface area contributed by atoms with Gasteiger partial charge in [-0.05, 0) is 37.0 Å². The van der Waals surface area contributed by atoms with E-state index in [1.807, 2.05) is 0 Å². The fraction of sp³-hybridized carbons (Fsp3) is 0.588. The molecule has 4 heteroatoms. The highest BCUT2D eigenvalue weighted by Crippen LogP contribution is 2.37. The van der Waals surface area contributed by atoms with E-state index in [0.29, 0.717) is 11.9 Å². The van der Waals surface area contributed by atoms with Crippen molar-refractivity contribution in [3.8, 4) is 0 Å². The first-order valence-electron chi connectivity index (χ1n) is 7.95. The normalized spacial score (nSPS) is 22.8. The summed E-state index contributed by atoms with van der Waals surface area (Å²) < 4.78 is 3.57. The van der Waals surface area contributed by atoms with Gasteiger partial charge >= 0.3 is 0 Å². The Hall–Kier alpha value is -0.540. The van der Waals surface area contributed by atoms with Crippen LogP contribution in [0.5, 0.6) is 0 Å². The van der Waals surface area contributed by atoms with Crippen molar-refractivity contribution in [2.45, 2.75) is 51.5 Å². The molecule has 3 rings (SSSR count). The highest BCUT2D eigenvalue weighted by Gasteiger charge is 2.25. The van der Waals surface area contributed by atoms with Gasteiger partial charge in [-0.25, -0.2) is 4.98 Å². The fourth-order valence-electron chi connectivity index (χ4n) is 3.66. The molecule has 1 heterocycles. The van der Waals surface area contributed by atoms with Crippen LogP contribution in [-0.4, -0.2) is 15.4 Å². The molecule has 1 fully saturated rings. The second-order valence-electron chi connectivity index (χ2n) is 6.06. The third-order valence-corrected chi connectivity index (χ3v) is 5.42. The highest BCUT2D eigenvalue weighted by molar-refractivity contribution is 9.10. The molecule has 0 N–H and O–H groups in total. The minimum atomic E-state index is 0.591. The van der Waals surface area contributed by atoms with Gasteiger partial charge in [0.05, 0.1) is 11.0 Å². The topological polar surface area (TPSA) is 17.8 Å². The summed E-state index contributed by atoms with van der Waals surface area (Å²) in [5.41, 5.74) is 2.35. The minimum absolute atomic E-state index is 0.591. The molecular weight excluding hydrogens is 348 g/mol. The molecule has 1 aromatic carbocycles. The van der Waals surface area contributed by atoms with Gasteiger partial charge in [0.2, 0.25) is 0 Å². The SMILES string of the molecule is CCC1CCCC(n2c(CCCl)nc3cc(Br)ccc32)C1. The van der Waals surface area contributed by atoms with E-state index in [-0.39, 0.29) is 0 Å². The quantitative estimate of drug-likeness (QED) is 0.630. The Morgan fingerprint density at radius 3 is 3.00 bits per heavy atom. The number of hydrogen-bond donors (Lipinski definition) is 0. The van der Waals surface area contributed by atoms with Crippen LogP contribution in [0.2, 0.25) is 0 Å². The number of fused-ring (bicyclic) bond motifs is 1. The molecule has 114 valence electrons. The predicted octanol–water partition coefficient (Wildman–Crippen LogP) is 5.72. The average molecular weight is 370 g/mol. The number of halogens is 2. The standard InChI is InChI=1S/C17H22BrClN2/c1-2-12-4-3-5-14(10-12)21-16-7-6-13(18)11-15(16)20-17(21)8-9-19/h6-7,11-12,14H,2-5,8-10H2,1H3. The Morgan fingerprint density at radius 2 is 2.24 bits per heavy atom. The predicted molar refractivity (Wildman–Crippen MR) is 93.1 cm³/mol. The molecule has 0 spiro atoms. The molecule has 21 heavy (non-hydrogen) atoms. The lowest BCUT2D eigenvalue weighted by Crippen LogP contribution is -2.20. The summed E-state index contributed by atoms with van der Waals surface area (Å²) in [6, 6.07) is 7.02. The van der Waals surface area contributed by atoms with Gasteiger partial charge in [-0.3, -0.25) is 0 Å². The summed E-state index contributed by atoms with van der Waals surface area (Å²) in [5, 5.41) is 0. The lowest BCUT2D eigenvalue weighted by molar-refractivity contribution is 0.262. The van der Waals surface area contributed by atoms with Crippen LogP contribution in [-0.2, 0) is 6.42 Å². The zero-order valence-corrected chi connectivity index (χ0v) is 14.8. The van der Waals surface area contributed by atoms with Crippen molar-refractivity contribution in [2.75, 3.05) is 5.88 Å². The highest BCUT2D eigenvalue weighted by atomic mass is 79.9. The molecule has 2 unspecified atom stereocenters. The van der Waals surface area contributed by atoms with Crippen LogP contribution in [0.4, 0.5) is 0 Å². The molecule has 2 aromatic rings. The monoisotopic (exact) mass is 368 g/mol. The van der Waals surface area contributed by atoms with Gasteiger partial charge in [-0.1, -0.05) is 42.1 Å². The van der Waals surface area contributed by atoms with Crippen molar-refractivity contribution in [3.63, 3.8) is 0 Å². The summed E-state index contributed by atoms with van der Waals surface area (Å²) in [7, 11) is 0. The van der Waals surface area contributed by atoms with Gasteiger partial charge in [0.15, 0.2) is 0 Å². The number of nitrogens with zero attached hydrogens (tertiary/aromatic N) is 2. The number of alkyl halides is 1. The second kappa shape index (κ2) is 6.70. The third-order valence-electron chi connectivity index (χ3n) is 4.74. The summed E-state index contributed by atoms with van der Waals surface area (Å²) >= 11 is 9.55. The summed E-state index contributed by atoms with van der Waals surface area (Å²) in [4.78, 5) is 4.84. The maximum absolute atomic E-state index is 6.00. The maximum atomic E-state index is 6.00. The molecule has 2 nitrogen and oxygen atoms in total. The Morgan fingerprint density at radius 1 is 1.38 bits per heavy atom. The van der Waals surface area contributed by atoms with Gasteiger partial charge in [-0.2, -0.15) is 0 Å². The fourth-order valence-corrected chi connectivity index (χ4v) is 4.18. The molecule has 0 radical (unpaired) electrons. The Balaban J connectivity index is 2.04. The first kappa shape index (κ1) is 15.4. The molecule has 1 saturated carbocycles. The summed E-state index contributed by atoms with van der Waals surface area (Å²) in [6.45, 7) is 2.32. The molecule has 1 aliphatic rings. The zero-order valence-electron chi connectivity index (χ0n) is 12.5. The van der Waals surface area contributed by atoms with Crippen LogP contribution in [0.25, 0.3) is 11.0 Å². The lowest BCUT2D eigenvalue weighted by atomic mass is 9.84. The Labute approximate surface area is 140 Å². The van der Waals surface area contributed by atoms with Crippen molar-refractivity contribution >= 4 is 38.6 Å². The van der Waals surface area contributed by atoms with Crippen molar-refractivity contribution in [1.29, 1.82) is 0 Å². The van der Waals surface area contributed by atoms with Crippen LogP contribution in [0.1, 0.15) is 50.9 Å². The number of hydrogen-bond acceptors (Lipinski definition) is 1. The lowest BCUT2D eigenvalue weighted by Gasteiger charge is -2.31. The number of imidazole rings is 1. The number of rotatable bonds is 4. The first-order valence-corrected chi connectivity index (χ1v) is 9.28. The van der Waals surface area contributed by atoms with Gasteiger partial charge < -0.3 is 4.57 Å². The van der Waals surface area contributed by atoms with Crippen LogP contribution in [0.3, 0.4) is 0 Å². The zero-order chi connectivity index (χ0) is 14.8. The smallest absolute Gasteiger partial charge is 0.111 e. The van der Waals surface area contributed by atoms with Gasteiger partial charge in [-0.15, -0.1) is 11.6 Å². The molecule has 0 bridgehead atoms. The second-order valence-corrected chi connectivity index (χ2v) is 7.36. The van der Waals surface area contributed by atoms with Gasteiger partial charge in [0.25, 0.3) is 0 Å². The van der Waals surface area contributed by atoms with Crippen LogP contribution < -0.4 is 0 Å². The molecule has 2 atom stereocenters. The van der Waals surface area contributed by atoms with Gasteiger partial charge in [0.1, 0.15) is 5.82 Å².